The smallest absolute Gasteiger partial charge is 0.137 e. The van der Waals surface area contributed by atoms with Crippen LogP contribution in [0.25, 0.3) is 0 Å². The molecule has 0 radical (unpaired) electrons. The Morgan fingerprint density at radius 3 is 2.50 bits per heavy atom. The number of ether oxygens (including phenoxy) is 2. The Labute approximate surface area is 101 Å². The number of nitrogens with two attached hydrogens (primary N) is 1. The number of benzene rings is 1. The molecule has 0 aliphatic rings. The second-order valence-electron chi connectivity index (χ2n) is 3.80. The van der Waals surface area contributed by atoms with Crippen molar-refractivity contribution in [3.05, 3.63) is 28.8 Å². The van der Waals surface area contributed by atoms with Gasteiger partial charge >= 0.3 is 0 Å². The van der Waals surface area contributed by atoms with Gasteiger partial charge in [0.05, 0.1) is 24.3 Å². The monoisotopic (exact) mass is 243 g/mol. The molecule has 0 spiro atoms. The zero-order chi connectivity index (χ0) is 12.1. The average Bonchev–Trinajstić information content (AvgIpc) is 2.25. The Balaban J connectivity index is 2.89. The number of halogens is 1. The summed E-state index contributed by atoms with van der Waals surface area (Å²) in [5.74, 6) is 0.658. The number of rotatable bonds is 5. The van der Waals surface area contributed by atoms with Crippen LogP contribution >= 0.6 is 11.6 Å². The lowest BCUT2D eigenvalue weighted by molar-refractivity contribution is 0.0119. The van der Waals surface area contributed by atoms with Gasteiger partial charge < -0.3 is 15.2 Å². The van der Waals surface area contributed by atoms with Gasteiger partial charge in [0.25, 0.3) is 0 Å². The highest BCUT2D eigenvalue weighted by Crippen LogP contribution is 2.28. The summed E-state index contributed by atoms with van der Waals surface area (Å²) in [6.45, 7) is 4.39. The summed E-state index contributed by atoms with van der Waals surface area (Å²) in [6, 6.07) is 5.58. The third kappa shape index (κ3) is 3.37. The minimum absolute atomic E-state index is 0.122. The molecule has 2 N–H and O–H groups in total. The molecule has 3 nitrogen and oxygen atoms in total. The summed E-state index contributed by atoms with van der Waals surface area (Å²) in [6.07, 6.45) is 0.0119. The Morgan fingerprint density at radius 1 is 1.38 bits per heavy atom. The highest BCUT2D eigenvalue weighted by Gasteiger charge is 2.13. The van der Waals surface area contributed by atoms with Crippen molar-refractivity contribution in [1.82, 2.24) is 0 Å². The minimum atomic E-state index is -0.122. The molecule has 1 unspecified atom stereocenters. The van der Waals surface area contributed by atoms with E-state index in [-0.39, 0.29) is 12.2 Å². The largest absolute Gasteiger partial charge is 0.495 e. The van der Waals surface area contributed by atoms with Gasteiger partial charge in [-0.2, -0.15) is 0 Å². The SMILES string of the molecule is COc1ccc(C(CN)OC(C)C)cc1Cl. The van der Waals surface area contributed by atoms with Gasteiger partial charge in [-0.05, 0) is 31.5 Å². The molecule has 1 aromatic carbocycles. The minimum Gasteiger partial charge on any atom is -0.495 e. The van der Waals surface area contributed by atoms with Gasteiger partial charge in [0.2, 0.25) is 0 Å². The van der Waals surface area contributed by atoms with Gasteiger partial charge in [-0.3, -0.25) is 0 Å². The molecule has 0 saturated carbocycles. The maximum atomic E-state index is 6.05. The molecule has 0 aliphatic heterocycles. The lowest BCUT2D eigenvalue weighted by Crippen LogP contribution is -2.19. The van der Waals surface area contributed by atoms with Gasteiger partial charge in [-0.15, -0.1) is 0 Å². The fraction of sp³-hybridized carbons (Fsp3) is 0.500. The van der Waals surface area contributed by atoms with Crippen LogP contribution < -0.4 is 10.5 Å². The first-order valence-corrected chi connectivity index (χ1v) is 5.65. The van der Waals surface area contributed by atoms with Crippen LogP contribution in [0.5, 0.6) is 5.75 Å². The van der Waals surface area contributed by atoms with Crippen molar-refractivity contribution in [2.75, 3.05) is 13.7 Å². The highest BCUT2D eigenvalue weighted by molar-refractivity contribution is 6.32. The van der Waals surface area contributed by atoms with Crippen molar-refractivity contribution in [1.29, 1.82) is 0 Å². The van der Waals surface area contributed by atoms with Crippen molar-refractivity contribution < 1.29 is 9.47 Å². The van der Waals surface area contributed by atoms with Crippen LogP contribution in [0.1, 0.15) is 25.5 Å². The molecular formula is C12H18ClNO2. The topological polar surface area (TPSA) is 44.5 Å². The summed E-state index contributed by atoms with van der Waals surface area (Å²) in [5, 5.41) is 0.575. The summed E-state index contributed by atoms with van der Waals surface area (Å²) < 4.78 is 10.8. The van der Waals surface area contributed by atoms with Gasteiger partial charge in [-0.1, -0.05) is 17.7 Å². The van der Waals surface area contributed by atoms with Crippen LogP contribution in [-0.2, 0) is 4.74 Å². The lowest BCUT2D eigenvalue weighted by atomic mass is 10.1. The van der Waals surface area contributed by atoms with E-state index in [1.54, 1.807) is 7.11 Å². The van der Waals surface area contributed by atoms with Crippen molar-refractivity contribution in [2.24, 2.45) is 5.73 Å². The van der Waals surface area contributed by atoms with E-state index in [9.17, 15) is 0 Å². The van der Waals surface area contributed by atoms with Crippen molar-refractivity contribution >= 4 is 11.6 Å². The molecule has 0 amide bonds. The first kappa shape index (κ1) is 13.3. The number of methoxy groups -OCH3 is 1. The lowest BCUT2D eigenvalue weighted by Gasteiger charge is -2.19. The average molecular weight is 244 g/mol. The third-order valence-corrected chi connectivity index (χ3v) is 2.49. The molecule has 1 atom stereocenters. The molecule has 0 aromatic heterocycles. The summed E-state index contributed by atoms with van der Waals surface area (Å²) in [7, 11) is 1.59. The zero-order valence-electron chi connectivity index (χ0n) is 9.87. The Kier molecular flexibility index (Phi) is 5.06. The van der Waals surface area contributed by atoms with Crippen LogP contribution in [0.3, 0.4) is 0 Å². The van der Waals surface area contributed by atoms with E-state index in [2.05, 4.69) is 0 Å². The van der Waals surface area contributed by atoms with E-state index in [0.29, 0.717) is 17.3 Å². The Hall–Kier alpha value is -0.770. The predicted molar refractivity (Wildman–Crippen MR) is 66.0 cm³/mol. The molecule has 1 rings (SSSR count). The van der Waals surface area contributed by atoms with Gasteiger partial charge in [0.1, 0.15) is 5.75 Å². The molecule has 0 bridgehead atoms. The van der Waals surface area contributed by atoms with Crippen LogP contribution in [0, 0.1) is 0 Å². The van der Waals surface area contributed by atoms with E-state index in [0.717, 1.165) is 5.56 Å². The summed E-state index contributed by atoms with van der Waals surface area (Å²) >= 11 is 6.05. The van der Waals surface area contributed by atoms with Gasteiger partial charge in [0, 0.05) is 6.54 Å². The number of hydrogen-bond donors (Lipinski definition) is 1. The zero-order valence-corrected chi connectivity index (χ0v) is 10.6. The maximum absolute atomic E-state index is 6.05. The molecular weight excluding hydrogens is 226 g/mol. The fourth-order valence-corrected chi connectivity index (χ4v) is 1.75. The Morgan fingerprint density at radius 2 is 2.06 bits per heavy atom. The van der Waals surface area contributed by atoms with E-state index in [4.69, 9.17) is 26.8 Å². The maximum Gasteiger partial charge on any atom is 0.137 e. The second kappa shape index (κ2) is 6.09. The molecule has 0 fully saturated rings. The fourth-order valence-electron chi connectivity index (χ4n) is 1.48. The van der Waals surface area contributed by atoms with Crippen molar-refractivity contribution in [3.8, 4) is 5.75 Å². The normalized spacial score (nSPS) is 12.9. The van der Waals surface area contributed by atoms with E-state index in [1.807, 2.05) is 32.0 Å². The molecule has 90 valence electrons. The van der Waals surface area contributed by atoms with Crippen LogP contribution in [0.15, 0.2) is 18.2 Å². The second-order valence-corrected chi connectivity index (χ2v) is 4.21. The highest BCUT2D eigenvalue weighted by atomic mass is 35.5. The number of hydrogen-bond acceptors (Lipinski definition) is 3. The first-order chi connectivity index (χ1) is 7.58. The van der Waals surface area contributed by atoms with E-state index < -0.39 is 0 Å². The predicted octanol–water partition coefficient (Wildman–Crippen LogP) is 2.77. The van der Waals surface area contributed by atoms with Crippen molar-refractivity contribution in [2.45, 2.75) is 26.1 Å². The van der Waals surface area contributed by atoms with Crippen molar-refractivity contribution in [3.63, 3.8) is 0 Å². The summed E-state index contributed by atoms with van der Waals surface area (Å²) in [4.78, 5) is 0. The van der Waals surface area contributed by atoms with Gasteiger partial charge in [0.15, 0.2) is 0 Å². The molecule has 0 heterocycles. The van der Waals surface area contributed by atoms with Crippen LogP contribution in [0.2, 0.25) is 5.02 Å². The first-order valence-electron chi connectivity index (χ1n) is 5.27. The molecule has 1 aromatic rings. The molecule has 16 heavy (non-hydrogen) atoms. The molecule has 0 aliphatic carbocycles. The Bertz CT molecular complexity index is 342. The van der Waals surface area contributed by atoms with E-state index in [1.165, 1.54) is 0 Å². The standard InChI is InChI=1S/C12H18ClNO2/c1-8(2)16-12(7-14)9-4-5-11(15-3)10(13)6-9/h4-6,8,12H,7,14H2,1-3H3. The van der Waals surface area contributed by atoms with Crippen LogP contribution in [-0.4, -0.2) is 19.8 Å². The van der Waals surface area contributed by atoms with Gasteiger partial charge in [-0.25, -0.2) is 0 Å². The third-order valence-electron chi connectivity index (χ3n) is 2.20. The quantitative estimate of drug-likeness (QED) is 0.865. The van der Waals surface area contributed by atoms with Crippen LogP contribution in [0.4, 0.5) is 0 Å². The summed E-state index contributed by atoms with van der Waals surface area (Å²) in [5.41, 5.74) is 6.65. The molecule has 4 heteroatoms. The molecule has 0 saturated heterocycles. The van der Waals surface area contributed by atoms with E-state index >= 15 is 0 Å².